The second-order valence-electron chi connectivity index (χ2n) is 5.07. The minimum absolute atomic E-state index is 0.0855. The maximum atomic E-state index is 13.8. The van der Waals surface area contributed by atoms with Crippen LogP contribution in [0.5, 0.6) is 0 Å². The molecule has 1 aromatic carbocycles. The van der Waals surface area contributed by atoms with Gasteiger partial charge in [0.1, 0.15) is 15.7 Å². The Balaban J connectivity index is 2.65. The molecule has 114 valence electrons. The van der Waals surface area contributed by atoms with E-state index in [1.165, 1.54) is 12.3 Å². The van der Waals surface area contributed by atoms with Crippen molar-refractivity contribution in [1.29, 1.82) is 0 Å². The lowest BCUT2D eigenvalue weighted by molar-refractivity contribution is 0.339. The fraction of sp³-hybridized carbons (Fsp3) is 0.571. The fourth-order valence-corrected chi connectivity index (χ4v) is 2.46. The molecule has 1 rings (SSSR count). The highest BCUT2D eigenvalue weighted by atomic mass is 32.2. The van der Waals surface area contributed by atoms with Crippen molar-refractivity contribution in [2.75, 3.05) is 32.1 Å². The molecule has 0 unspecified atom stereocenters. The smallest absolute Gasteiger partial charge is 0.148 e. The van der Waals surface area contributed by atoms with E-state index in [1.807, 2.05) is 17.9 Å². The maximum Gasteiger partial charge on any atom is 0.148 e. The van der Waals surface area contributed by atoms with Crippen LogP contribution < -0.4 is 5.32 Å². The van der Waals surface area contributed by atoms with Crippen LogP contribution in [0.1, 0.15) is 18.1 Å². The predicted molar refractivity (Wildman–Crippen MR) is 79.8 cm³/mol. The molecule has 0 spiro atoms. The summed E-state index contributed by atoms with van der Waals surface area (Å²) in [6, 6.07) is 5.05. The minimum atomic E-state index is -2.99. The first-order valence-electron chi connectivity index (χ1n) is 6.66. The van der Waals surface area contributed by atoms with Crippen molar-refractivity contribution in [3.8, 4) is 0 Å². The van der Waals surface area contributed by atoms with Crippen LogP contribution in [0.4, 0.5) is 4.39 Å². The summed E-state index contributed by atoms with van der Waals surface area (Å²) in [6.45, 7) is 4.39. The number of hydrogen-bond donors (Lipinski definition) is 1. The van der Waals surface area contributed by atoms with Crippen molar-refractivity contribution < 1.29 is 12.8 Å². The van der Waals surface area contributed by atoms with E-state index in [1.54, 1.807) is 13.1 Å². The molecule has 6 heteroatoms. The van der Waals surface area contributed by atoms with Gasteiger partial charge in [0.15, 0.2) is 0 Å². The van der Waals surface area contributed by atoms with Gasteiger partial charge in [-0.1, -0.05) is 19.1 Å². The molecule has 0 aliphatic rings. The number of nitrogens with zero attached hydrogens (tertiary/aromatic N) is 1. The molecule has 0 heterocycles. The van der Waals surface area contributed by atoms with Crippen molar-refractivity contribution in [2.45, 2.75) is 20.0 Å². The van der Waals surface area contributed by atoms with Gasteiger partial charge in [-0.2, -0.15) is 0 Å². The third-order valence-electron chi connectivity index (χ3n) is 2.97. The molecule has 0 saturated heterocycles. The number of sulfone groups is 1. The summed E-state index contributed by atoms with van der Waals surface area (Å²) in [6.07, 6.45) is 1.21. The van der Waals surface area contributed by atoms with Crippen LogP contribution in [-0.4, -0.2) is 45.5 Å². The molecule has 0 amide bonds. The molecule has 1 N–H and O–H groups in total. The van der Waals surface area contributed by atoms with Gasteiger partial charge in [-0.05, 0) is 25.2 Å². The average Bonchev–Trinajstić information content (AvgIpc) is 2.36. The van der Waals surface area contributed by atoms with E-state index >= 15 is 0 Å². The van der Waals surface area contributed by atoms with Crippen LogP contribution in [0.25, 0.3) is 0 Å². The Kier molecular flexibility index (Phi) is 6.58. The number of halogens is 1. The van der Waals surface area contributed by atoms with Crippen LogP contribution in [0.3, 0.4) is 0 Å². The SMILES string of the molecule is CCNCc1ccc(F)c(CN(C)CCS(C)(=O)=O)c1. The molecule has 0 fully saturated rings. The van der Waals surface area contributed by atoms with Gasteiger partial charge >= 0.3 is 0 Å². The lowest BCUT2D eigenvalue weighted by Crippen LogP contribution is -2.25. The van der Waals surface area contributed by atoms with Crippen molar-refractivity contribution in [2.24, 2.45) is 0 Å². The Morgan fingerprint density at radius 2 is 2.05 bits per heavy atom. The van der Waals surface area contributed by atoms with E-state index in [4.69, 9.17) is 0 Å². The maximum absolute atomic E-state index is 13.8. The summed E-state index contributed by atoms with van der Waals surface area (Å²) in [5, 5.41) is 3.19. The highest BCUT2D eigenvalue weighted by Gasteiger charge is 2.09. The zero-order valence-electron chi connectivity index (χ0n) is 12.3. The predicted octanol–water partition coefficient (Wildman–Crippen LogP) is 1.41. The number of hydrogen-bond acceptors (Lipinski definition) is 4. The summed E-state index contributed by atoms with van der Waals surface area (Å²) in [5.41, 5.74) is 1.62. The van der Waals surface area contributed by atoms with Gasteiger partial charge in [-0.15, -0.1) is 0 Å². The third kappa shape index (κ3) is 6.45. The molecule has 0 aromatic heterocycles. The van der Waals surface area contributed by atoms with Gasteiger partial charge in [-0.3, -0.25) is 0 Å². The largest absolute Gasteiger partial charge is 0.313 e. The first-order valence-corrected chi connectivity index (χ1v) is 8.72. The highest BCUT2D eigenvalue weighted by Crippen LogP contribution is 2.12. The molecule has 20 heavy (non-hydrogen) atoms. The van der Waals surface area contributed by atoms with Crippen LogP contribution in [0, 0.1) is 5.82 Å². The Morgan fingerprint density at radius 3 is 2.65 bits per heavy atom. The lowest BCUT2D eigenvalue weighted by atomic mass is 10.1. The zero-order valence-corrected chi connectivity index (χ0v) is 13.1. The monoisotopic (exact) mass is 302 g/mol. The molecular formula is C14H23FN2O2S. The molecule has 0 radical (unpaired) electrons. The summed E-state index contributed by atoms with van der Waals surface area (Å²) in [5.74, 6) is -0.168. The first-order chi connectivity index (χ1) is 9.31. The van der Waals surface area contributed by atoms with E-state index in [-0.39, 0.29) is 11.6 Å². The second-order valence-corrected chi connectivity index (χ2v) is 7.33. The third-order valence-corrected chi connectivity index (χ3v) is 3.90. The van der Waals surface area contributed by atoms with Crippen LogP contribution in [0.15, 0.2) is 18.2 Å². The Labute approximate surface area is 120 Å². The van der Waals surface area contributed by atoms with Gasteiger partial charge in [0, 0.05) is 31.5 Å². The molecule has 0 saturated carbocycles. The van der Waals surface area contributed by atoms with Gasteiger partial charge < -0.3 is 10.2 Å². The average molecular weight is 302 g/mol. The van der Waals surface area contributed by atoms with Crippen LogP contribution in [-0.2, 0) is 22.9 Å². The summed E-state index contributed by atoms with van der Waals surface area (Å²) in [7, 11) is -1.19. The molecule has 0 aliphatic heterocycles. The van der Waals surface area contributed by atoms with Crippen molar-refractivity contribution >= 4 is 9.84 Å². The van der Waals surface area contributed by atoms with E-state index in [2.05, 4.69) is 5.32 Å². The number of rotatable bonds is 8. The van der Waals surface area contributed by atoms with Gasteiger partial charge in [0.05, 0.1) is 5.75 Å². The van der Waals surface area contributed by atoms with Gasteiger partial charge in [0.2, 0.25) is 0 Å². The van der Waals surface area contributed by atoms with Crippen molar-refractivity contribution in [1.82, 2.24) is 10.2 Å². The Bertz CT molecular complexity index is 532. The molecular weight excluding hydrogens is 279 g/mol. The summed E-state index contributed by atoms with van der Waals surface area (Å²) >= 11 is 0. The molecule has 0 bridgehead atoms. The normalized spacial score (nSPS) is 12.1. The van der Waals surface area contributed by atoms with Crippen LogP contribution in [0.2, 0.25) is 0 Å². The van der Waals surface area contributed by atoms with E-state index in [0.717, 1.165) is 12.1 Å². The topological polar surface area (TPSA) is 49.4 Å². The summed E-state index contributed by atoms with van der Waals surface area (Å²) in [4.78, 5) is 1.82. The van der Waals surface area contributed by atoms with E-state index in [0.29, 0.717) is 25.2 Å². The lowest BCUT2D eigenvalue weighted by Gasteiger charge is -2.17. The minimum Gasteiger partial charge on any atom is -0.313 e. The summed E-state index contributed by atoms with van der Waals surface area (Å²) < 4.78 is 36.0. The first kappa shape index (κ1) is 17.1. The van der Waals surface area contributed by atoms with Gasteiger partial charge in [0.25, 0.3) is 0 Å². The molecule has 0 aliphatic carbocycles. The molecule has 4 nitrogen and oxygen atoms in total. The number of nitrogens with one attached hydrogen (secondary N) is 1. The van der Waals surface area contributed by atoms with E-state index < -0.39 is 9.84 Å². The number of benzene rings is 1. The fourth-order valence-electron chi connectivity index (χ4n) is 1.82. The second kappa shape index (κ2) is 7.71. The van der Waals surface area contributed by atoms with Gasteiger partial charge in [-0.25, -0.2) is 12.8 Å². The molecule has 0 atom stereocenters. The van der Waals surface area contributed by atoms with E-state index in [9.17, 15) is 12.8 Å². The standard InChI is InChI=1S/C14H23FN2O2S/c1-4-16-10-12-5-6-14(15)13(9-12)11-17(2)7-8-20(3,18)19/h5-6,9,16H,4,7-8,10-11H2,1-3H3. The Morgan fingerprint density at radius 1 is 1.35 bits per heavy atom. The van der Waals surface area contributed by atoms with Crippen molar-refractivity contribution in [3.05, 3.63) is 35.1 Å². The van der Waals surface area contributed by atoms with Crippen molar-refractivity contribution in [3.63, 3.8) is 0 Å². The highest BCUT2D eigenvalue weighted by molar-refractivity contribution is 7.90. The van der Waals surface area contributed by atoms with Crippen LogP contribution >= 0.6 is 0 Å². The molecule has 1 aromatic rings. The Hall–Kier alpha value is -0.980. The quantitative estimate of drug-likeness (QED) is 0.789. The zero-order chi connectivity index (χ0) is 15.2.